The summed E-state index contributed by atoms with van der Waals surface area (Å²) in [5.41, 5.74) is 1.14. The molecule has 126 valence electrons. The van der Waals surface area contributed by atoms with Crippen LogP contribution in [0.2, 0.25) is 0 Å². The van der Waals surface area contributed by atoms with Gasteiger partial charge in [-0.15, -0.1) is 0 Å². The molecule has 0 saturated carbocycles. The fraction of sp³-hybridized carbons (Fsp3) is 0.176. The molecule has 7 heteroatoms. The first-order valence-electron chi connectivity index (χ1n) is 6.97. The highest BCUT2D eigenvalue weighted by Crippen LogP contribution is 2.12. The van der Waals surface area contributed by atoms with Crippen molar-refractivity contribution in [1.29, 1.82) is 0 Å². The second-order valence-corrected chi connectivity index (χ2v) is 8.33. The van der Waals surface area contributed by atoms with E-state index in [0.29, 0.717) is 11.1 Å². The molecule has 2 aromatic rings. The lowest BCUT2D eigenvalue weighted by Gasteiger charge is -2.06. The molecule has 0 saturated heterocycles. The smallest absolute Gasteiger partial charge is 0.338 e. The highest BCUT2D eigenvalue weighted by molar-refractivity contribution is 9.10. The molecule has 0 aromatic heterocycles. The fourth-order valence-electron chi connectivity index (χ4n) is 2.02. The van der Waals surface area contributed by atoms with Gasteiger partial charge in [0.25, 0.3) is 0 Å². The van der Waals surface area contributed by atoms with Crippen molar-refractivity contribution in [1.82, 2.24) is 0 Å². The first kappa shape index (κ1) is 18.4. The maximum Gasteiger partial charge on any atom is 0.338 e. The topological polar surface area (TPSA) is 77.5 Å². The van der Waals surface area contributed by atoms with E-state index in [9.17, 15) is 18.0 Å². The lowest BCUT2D eigenvalue weighted by molar-refractivity contribution is 0.0474. The number of carbonyl (C=O) groups excluding carboxylic acids is 2. The summed E-state index contributed by atoms with van der Waals surface area (Å²) in [5.74, 6) is -1.15. The molecule has 0 unspecified atom stereocenters. The Labute approximate surface area is 148 Å². The Bertz CT molecular complexity index is 857. The van der Waals surface area contributed by atoms with Gasteiger partial charge < -0.3 is 4.74 Å². The third-order valence-electron chi connectivity index (χ3n) is 3.09. The van der Waals surface area contributed by atoms with Crippen LogP contribution in [0.25, 0.3) is 0 Å². The van der Waals surface area contributed by atoms with E-state index in [1.54, 1.807) is 36.4 Å². The Hall–Kier alpha value is -1.99. The van der Waals surface area contributed by atoms with Gasteiger partial charge in [-0.3, -0.25) is 4.79 Å². The van der Waals surface area contributed by atoms with Crippen molar-refractivity contribution in [2.45, 2.75) is 5.75 Å². The summed E-state index contributed by atoms with van der Waals surface area (Å²) in [6, 6.07) is 12.9. The minimum atomic E-state index is -3.19. The standard InChI is InChI=1S/C17H15BrO5S/c1-24(21,22)11-12-3-2-4-14(9-12)17(20)23-10-16(19)13-5-7-15(18)8-6-13/h2-9H,10-11H2,1H3. The van der Waals surface area contributed by atoms with Crippen molar-refractivity contribution in [2.24, 2.45) is 0 Å². The number of hydrogen-bond donors (Lipinski definition) is 0. The number of halogens is 1. The van der Waals surface area contributed by atoms with E-state index in [-0.39, 0.29) is 23.7 Å². The molecule has 0 aliphatic heterocycles. The average Bonchev–Trinajstić information content (AvgIpc) is 2.51. The van der Waals surface area contributed by atoms with E-state index in [2.05, 4.69) is 15.9 Å². The van der Waals surface area contributed by atoms with E-state index in [4.69, 9.17) is 4.74 Å². The van der Waals surface area contributed by atoms with E-state index in [1.165, 1.54) is 12.1 Å². The van der Waals surface area contributed by atoms with Crippen LogP contribution in [0.15, 0.2) is 53.0 Å². The van der Waals surface area contributed by atoms with E-state index >= 15 is 0 Å². The van der Waals surface area contributed by atoms with Crippen LogP contribution in [-0.2, 0) is 20.3 Å². The maximum absolute atomic E-state index is 12.0. The van der Waals surface area contributed by atoms with Gasteiger partial charge in [-0.25, -0.2) is 13.2 Å². The molecule has 0 heterocycles. The molecule has 0 atom stereocenters. The Morgan fingerprint density at radius 3 is 2.33 bits per heavy atom. The Balaban J connectivity index is 2.01. The van der Waals surface area contributed by atoms with Crippen molar-refractivity contribution in [2.75, 3.05) is 12.9 Å². The van der Waals surface area contributed by atoms with Gasteiger partial charge in [-0.1, -0.05) is 40.2 Å². The third kappa shape index (κ3) is 5.58. The molecule has 24 heavy (non-hydrogen) atoms. The van der Waals surface area contributed by atoms with E-state index < -0.39 is 15.8 Å². The zero-order valence-corrected chi connectivity index (χ0v) is 15.3. The maximum atomic E-state index is 12.0. The number of esters is 1. The summed E-state index contributed by atoms with van der Waals surface area (Å²) in [7, 11) is -3.19. The number of carbonyl (C=O) groups is 2. The summed E-state index contributed by atoms with van der Waals surface area (Å²) in [6.45, 7) is -0.378. The largest absolute Gasteiger partial charge is 0.454 e. The summed E-state index contributed by atoms with van der Waals surface area (Å²) in [5, 5.41) is 0. The zero-order chi connectivity index (χ0) is 17.7. The molecule has 0 spiro atoms. The van der Waals surface area contributed by atoms with Crippen molar-refractivity contribution < 1.29 is 22.7 Å². The molecule has 2 rings (SSSR count). The zero-order valence-electron chi connectivity index (χ0n) is 12.9. The van der Waals surface area contributed by atoms with Crippen molar-refractivity contribution in [3.05, 3.63) is 69.7 Å². The van der Waals surface area contributed by atoms with Crippen LogP contribution in [0.1, 0.15) is 26.3 Å². The number of ether oxygens (including phenoxy) is 1. The number of hydrogen-bond acceptors (Lipinski definition) is 5. The fourth-order valence-corrected chi connectivity index (χ4v) is 3.07. The van der Waals surface area contributed by atoms with Crippen LogP contribution < -0.4 is 0 Å². The van der Waals surface area contributed by atoms with Crippen LogP contribution >= 0.6 is 15.9 Å². The van der Waals surface area contributed by atoms with Crippen LogP contribution in [-0.4, -0.2) is 33.0 Å². The Morgan fingerprint density at radius 1 is 1.04 bits per heavy atom. The molecule has 0 N–H and O–H groups in total. The molecule has 0 aliphatic rings. The number of ketones is 1. The molecule has 0 bridgehead atoms. The highest BCUT2D eigenvalue weighted by atomic mass is 79.9. The monoisotopic (exact) mass is 410 g/mol. The summed E-state index contributed by atoms with van der Waals surface area (Å²) >= 11 is 3.28. The predicted octanol–water partition coefficient (Wildman–Crippen LogP) is 3.03. The minimum Gasteiger partial charge on any atom is -0.454 e. The lowest BCUT2D eigenvalue weighted by atomic mass is 10.1. The molecule has 0 fully saturated rings. The number of benzene rings is 2. The van der Waals surface area contributed by atoms with Crippen LogP contribution in [0.3, 0.4) is 0 Å². The van der Waals surface area contributed by atoms with E-state index in [0.717, 1.165) is 10.7 Å². The molecule has 5 nitrogen and oxygen atoms in total. The normalized spacial score (nSPS) is 11.1. The summed E-state index contributed by atoms with van der Waals surface area (Å²) in [4.78, 5) is 24.0. The van der Waals surface area contributed by atoms with Gasteiger partial charge in [0.1, 0.15) is 0 Å². The van der Waals surface area contributed by atoms with Gasteiger partial charge in [-0.05, 0) is 29.8 Å². The molecule has 2 aromatic carbocycles. The van der Waals surface area contributed by atoms with Crippen molar-refractivity contribution in [3.63, 3.8) is 0 Å². The number of sulfone groups is 1. The van der Waals surface area contributed by atoms with Crippen molar-refractivity contribution in [3.8, 4) is 0 Å². The Kier molecular flexibility index (Phi) is 5.90. The quantitative estimate of drug-likeness (QED) is 0.540. The second kappa shape index (κ2) is 7.72. The second-order valence-electron chi connectivity index (χ2n) is 5.28. The highest BCUT2D eigenvalue weighted by Gasteiger charge is 2.13. The van der Waals surface area contributed by atoms with Gasteiger partial charge in [0.15, 0.2) is 22.2 Å². The molecular weight excluding hydrogens is 396 g/mol. The van der Waals surface area contributed by atoms with Crippen LogP contribution in [0, 0.1) is 0 Å². The average molecular weight is 411 g/mol. The third-order valence-corrected chi connectivity index (χ3v) is 4.48. The predicted molar refractivity (Wildman–Crippen MR) is 93.7 cm³/mol. The van der Waals surface area contributed by atoms with Crippen LogP contribution in [0.4, 0.5) is 0 Å². The number of Topliss-reactive ketones (excluding diaryl/α,β-unsaturated/α-hetero) is 1. The number of rotatable bonds is 6. The molecule has 0 amide bonds. The van der Waals surface area contributed by atoms with Gasteiger partial charge in [0.05, 0.1) is 11.3 Å². The van der Waals surface area contributed by atoms with Crippen molar-refractivity contribution >= 4 is 37.5 Å². The van der Waals surface area contributed by atoms with Gasteiger partial charge in [0, 0.05) is 16.3 Å². The van der Waals surface area contributed by atoms with Gasteiger partial charge in [0.2, 0.25) is 0 Å². The lowest BCUT2D eigenvalue weighted by Crippen LogP contribution is -2.14. The van der Waals surface area contributed by atoms with Crippen LogP contribution in [0.5, 0.6) is 0 Å². The Morgan fingerprint density at radius 2 is 1.71 bits per heavy atom. The first-order valence-corrected chi connectivity index (χ1v) is 9.82. The van der Waals surface area contributed by atoms with Gasteiger partial charge >= 0.3 is 5.97 Å². The van der Waals surface area contributed by atoms with E-state index in [1.807, 2.05) is 0 Å². The minimum absolute atomic E-state index is 0.161. The molecule has 0 aliphatic carbocycles. The first-order chi connectivity index (χ1) is 11.2. The molecular formula is C17H15BrO5S. The van der Waals surface area contributed by atoms with Gasteiger partial charge in [-0.2, -0.15) is 0 Å². The SMILES string of the molecule is CS(=O)(=O)Cc1cccc(C(=O)OCC(=O)c2ccc(Br)cc2)c1. The summed E-state index contributed by atoms with van der Waals surface area (Å²) in [6.07, 6.45) is 1.12. The summed E-state index contributed by atoms with van der Waals surface area (Å²) < 4.78 is 28.5. The molecule has 0 radical (unpaired) electrons.